The highest BCUT2D eigenvalue weighted by molar-refractivity contribution is 9.10. The molecule has 174 valence electrons. The van der Waals surface area contributed by atoms with Crippen molar-refractivity contribution in [2.24, 2.45) is 5.14 Å². The van der Waals surface area contributed by atoms with E-state index in [2.05, 4.69) is 31.7 Å². The summed E-state index contributed by atoms with van der Waals surface area (Å²) >= 11 is 3.21. The summed E-state index contributed by atoms with van der Waals surface area (Å²) in [6, 6.07) is 11.1. The fourth-order valence-corrected chi connectivity index (χ4v) is 4.63. The van der Waals surface area contributed by atoms with Gasteiger partial charge in [-0.05, 0) is 45.8 Å². The molecule has 0 bridgehead atoms. The quantitative estimate of drug-likeness (QED) is 0.455. The van der Waals surface area contributed by atoms with E-state index >= 15 is 0 Å². The number of benzene rings is 2. The average Bonchev–Trinajstić information content (AvgIpc) is 3.09. The summed E-state index contributed by atoms with van der Waals surface area (Å²) in [6.45, 7) is 0. The first-order valence-corrected chi connectivity index (χ1v) is 11.9. The molecule has 33 heavy (non-hydrogen) atoms. The Hall–Kier alpha value is -2.90. The second kappa shape index (κ2) is 8.47. The number of aromatic nitrogens is 2. The first kappa shape index (κ1) is 23.3. The van der Waals surface area contributed by atoms with E-state index in [1.807, 2.05) is 0 Å². The summed E-state index contributed by atoms with van der Waals surface area (Å²) in [5, 5.41) is 14.5. The molecule has 8 nitrogen and oxygen atoms in total. The van der Waals surface area contributed by atoms with Gasteiger partial charge >= 0.3 is 6.18 Å². The molecule has 2 aromatic carbocycles. The summed E-state index contributed by atoms with van der Waals surface area (Å²) in [5.41, 5.74) is 0.635. The lowest BCUT2D eigenvalue weighted by atomic mass is 9.97. The lowest BCUT2D eigenvalue weighted by Crippen LogP contribution is -2.35. The highest BCUT2D eigenvalue weighted by atomic mass is 79.9. The average molecular weight is 544 g/mol. The molecule has 0 saturated carbocycles. The zero-order valence-corrected chi connectivity index (χ0v) is 19.1. The summed E-state index contributed by atoms with van der Waals surface area (Å²) < 4.78 is 65.2. The highest BCUT2D eigenvalue weighted by Crippen LogP contribution is 2.46. The van der Waals surface area contributed by atoms with E-state index in [0.29, 0.717) is 5.56 Å². The monoisotopic (exact) mass is 543 g/mol. The van der Waals surface area contributed by atoms with Crippen molar-refractivity contribution in [3.05, 3.63) is 70.3 Å². The molecule has 1 aliphatic rings. The first-order valence-electron chi connectivity index (χ1n) is 9.55. The number of nitrogens with two attached hydrogens (primary N) is 1. The molecule has 2 atom stereocenters. The second-order valence-electron chi connectivity index (χ2n) is 7.38. The van der Waals surface area contributed by atoms with Crippen LogP contribution in [0.5, 0.6) is 0 Å². The van der Waals surface area contributed by atoms with Gasteiger partial charge < -0.3 is 10.6 Å². The Balaban J connectivity index is 1.65. The fraction of sp³-hybridized carbons (Fsp3) is 0.200. The van der Waals surface area contributed by atoms with Crippen molar-refractivity contribution in [2.45, 2.75) is 29.6 Å². The maximum absolute atomic E-state index is 13.9. The number of hydrogen-bond acceptors (Lipinski definition) is 5. The number of nitrogens with one attached hydrogen (secondary N) is 2. The van der Waals surface area contributed by atoms with Gasteiger partial charge in [0.25, 0.3) is 5.91 Å². The van der Waals surface area contributed by atoms with Crippen molar-refractivity contribution < 1.29 is 26.4 Å². The zero-order valence-electron chi connectivity index (χ0n) is 16.7. The molecule has 0 aliphatic carbocycles. The fourth-order valence-electron chi connectivity index (χ4n) is 3.56. The lowest BCUT2D eigenvalue weighted by molar-refractivity contribution is -0.173. The maximum Gasteiger partial charge on any atom is 0.410 e. The van der Waals surface area contributed by atoms with Crippen LogP contribution in [0.2, 0.25) is 0 Å². The van der Waals surface area contributed by atoms with E-state index in [-0.39, 0.29) is 33.0 Å². The number of anilines is 2. The maximum atomic E-state index is 13.9. The molecule has 4 rings (SSSR count). The van der Waals surface area contributed by atoms with E-state index in [1.165, 1.54) is 24.3 Å². The Kier molecular flexibility index (Phi) is 5.97. The molecule has 3 aromatic rings. The van der Waals surface area contributed by atoms with Crippen LogP contribution in [-0.2, 0) is 10.0 Å². The summed E-state index contributed by atoms with van der Waals surface area (Å²) in [6.07, 6.45) is -4.89. The van der Waals surface area contributed by atoms with Crippen LogP contribution in [0.15, 0.2) is 64.0 Å². The third kappa shape index (κ3) is 4.75. The number of carbonyl (C=O) groups excluding carboxylic acids is 1. The smallest absolute Gasteiger partial charge is 0.362 e. The lowest BCUT2D eigenvalue weighted by Gasteiger charge is -2.33. The molecule has 2 heterocycles. The van der Waals surface area contributed by atoms with Gasteiger partial charge in [0.2, 0.25) is 10.0 Å². The number of amides is 1. The number of primary sulfonamides is 1. The van der Waals surface area contributed by atoms with Gasteiger partial charge in [-0.1, -0.05) is 30.3 Å². The van der Waals surface area contributed by atoms with Crippen LogP contribution in [-0.4, -0.2) is 30.3 Å². The van der Waals surface area contributed by atoms with E-state index < -0.39 is 34.2 Å². The number of sulfonamides is 1. The highest BCUT2D eigenvalue weighted by Gasteiger charge is 2.47. The number of carbonyl (C=O) groups is 1. The number of nitrogens with zero attached hydrogens (tertiary/aromatic N) is 2. The third-order valence-electron chi connectivity index (χ3n) is 5.15. The van der Waals surface area contributed by atoms with Crippen molar-refractivity contribution >= 4 is 43.4 Å². The van der Waals surface area contributed by atoms with Crippen LogP contribution in [0.4, 0.5) is 24.7 Å². The van der Waals surface area contributed by atoms with Crippen LogP contribution < -0.4 is 15.8 Å². The van der Waals surface area contributed by atoms with Crippen LogP contribution in [0.3, 0.4) is 0 Å². The molecule has 4 N–H and O–H groups in total. The van der Waals surface area contributed by atoms with Gasteiger partial charge in [0.05, 0.1) is 15.4 Å². The van der Waals surface area contributed by atoms with E-state index in [9.17, 15) is 26.4 Å². The van der Waals surface area contributed by atoms with Crippen molar-refractivity contribution in [3.8, 4) is 0 Å². The first-order chi connectivity index (χ1) is 15.4. The number of hydrogen-bond donors (Lipinski definition) is 3. The van der Waals surface area contributed by atoms with Crippen molar-refractivity contribution in [2.75, 3.05) is 10.6 Å². The van der Waals surface area contributed by atoms with Gasteiger partial charge in [0.15, 0.2) is 11.7 Å². The van der Waals surface area contributed by atoms with Gasteiger partial charge in [-0.15, -0.1) is 0 Å². The topological polar surface area (TPSA) is 119 Å². The molecule has 0 fully saturated rings. The minimum absolute atomic E-state index is 0.0344. The van der Waals surface area contributed by atoms with Crippen LogP contribution >= 0.6 is 15.9 Å². The summed E-state index contributed by atoms with van der Waals surface area (Å²) in [4.78, 5) is 12.6. The molecular weight excluding hydrogens is 527 g/mol. The van der Waals surface area contributed by atoms with Gasteiger partial charge in [0, 0.05) is 12.1 Å². The Labute approximate surface area is 195 Å². The second-order valence-corrected chi connectivity index (χ2v) is 9.73. The number of halogens is 4. The molecule has 0 saturated heterocycles. The molecule has 0 unspecified atom stereocenters. The Morgan fingerprint density at radius 3 is 2.36 bits per heavy atom. The third-order valence-corrected chi connectivity index (χ3v) is 6.83. The number of alkyl halides is 3. The number of rotatable bonds is 4. The van der Waals surface area contributed by atoms with E-state index in [4.69, 9.17) is 5.14 Å². The standard InChI is InChI=1S/C20H17BrF3N5O3S/c21-16-17(19(30)26-12-6-8-13(9-7-12)33(25,31)32)28-29-15(20(22,23)24)10-14(27-18(16)29)11-4-2-1-3-5-11/h1-9,14-15,27H,10H2,(H,26,30)(H2,25,31,32)/t14-,15+/m0/s1. The summed E-state index contributed by atoms with van der Waals surface area (Å²) in [7, 11) is -3.91. The minimum Gasteiger partial charge on any atom is -0.362 e. The van der Waals surface area contributed by atoms with Crippen LogP contribution in [0, 0.1) is 0 Å². The van der Waals surface area contributed by atoms with Gasteiger partial charge in [-0.3, -0.25) is 4.79 Å². The molecule has 0 radical (unpaired) electrons. The SMILES string of the molecule is NS(=O)(=O)c1ccc(NC(=O)c2nn3c(c2Br)N[C@H](c2ccccc2)C[C@@H]3C(F)(F)F)cc1. The van der Waals surface area contributed by atoms with Gasteiger partial charge in [-0.2, -0.15) is 18.3 Å². The van der Waals surface area contributed by atoms with Gasteiger partial charge in [0.1, 0.15) is 5.82 Å². The minimum atomic E-state index is -4.59. The normalized spacial score (nSPS) is 18.3. The number of fused-ring (bicyclic) bond motifs is 1. The molecule has 1 aliphatic heterocycles. The largest absolute Gasteiger partial charge is 0.410 e. The Bertz CT molecular complexity index is 1290. The van der Waals surface area contributed by atoms with Crippen LogP contribution in [0.25, 0.3) is 0 Å². The molecule has 1 amide bonds. The molecule has 0 spiro atoms. The van der Waals surface area contributed by atoms with Crippen LogP contribution in [0.1, 0.15) is 34.6 Å². The predicted molar refractivity (Wildman–Crippen MR) is 118 cm³/mol. The Morgan fingerprint density at radius 2 is 1.79 bits per heavy atom. The Morgan fingerprint density at radius 1 is 1.15 bits per heavy atom. The van der Waals surface area contributed by atoms with E-state index in [0.717, 1.165) is 4.68 Å². The molecule has 13 heteroatoms. The van der Waals surface area contributed by atoms with Crippen molar-refractivity contribution in [3.63, 3.8) is 0 Å². The zero-order chi connectivity index (χ0) is 24.0. The van der Waals surface area contributed by atoms with Crippen molar-refractivity contribution in [1.29, 1.82) is 0 Å². The van der Waals surface area contributed by atoms with E-state index in [1.54, 1.807) is 30.3 Å². The summed E-state index contributed by atoms with van der Waals surface area (Å²) in [5.74, 6) is -0.738. The van der Waals surface area contributed by atoms with Gasteiger partial charge in [-0.25, -0.2) is 18.2 Å². The molecule has 1 aromatic heterocycles. The van der Waals surface area contributed by atoms with Crippen molar-refractivity contribution in [1.82, 2.24) is 9.78 Å². The predicted octanol–water partition coefficient (Wildman–Crippen LogP) is 4.21. The molecular formula is C20H17BrF3N5O3S.